The van der Waals surface area contributed by atoms with Crippen LogP contribution in [0.2, 0.25) is 5.02 Å². The number of hydrogen-bond donors (Lipinski definition) is 1. The molecule has 0 saturated carbocycles. The molecule has 2 rings (SSSR count). The monoisotopic (exact) mass is 279 g/mol. The Kier molecular flexibility index (Phi) is 4.27. The third kappa shape index (κ3) is 3.18. The first-order chi connectivity index (χ1) is 9.11. The summed E-state index contributed by atoms with van der Waals surface area (Å²) in [6.07, 6.45) is 0. The second-order valence-electron chi connectivity index (χ2n) is 4.25. The van der Waals surface area contributed by atoms with Crippen molar-refractivity contribution in [3.63, 3.8) is 0 Å². The molecule has 0 aromatic heterocycles. The normalized spacial score (nSPS) is 10.3. The highest BCUT2D eigenvalue weighted by atomic mass is 35.5. The molecule has 2 nitrogen and oxygen atoms in total. The zero-order valence-electron chi connectivity index (χ0n) is 10.8. The van der Waals surface area contributed by atoms with E-state index in [9.17, 15) is 4.39 Å². The van der Waals surface area contributed by atoms with Crippen LogP contribution in [0, 0.1) is 12.7 Å². The second kappa shape index (κ2) is 5.93. The van der Waals surface area contributed by atoms with Gasteiger partial charge in [0.15, 0.2) is 0 Å². The Bertz CT molecular complexity index is 586. The lowest BCUT2D eigenvalue weighted by molar-refractivity contribution is 0.412. The number of ether oxygens (including phenoxy) is 1. The van der Waals surface area contributed by atoms with E-state index in [0.29, 0.717) is 12.1 Å². The maximum atomic E-state index is 13.7. The molecule has 0 atom stereocenters. The third-order valence-corrected chi connectivity index (χ3v) is 3.20. The van der Waals surface area contributed by atoms with Crippen LogP contribution in [0.3, 0.4) is 0 Å². The zero-order chi connectivity index (χ0) is 13.8. The summed E-state index contributed by atoms with van der Waals surface area (Å²) in [7, 11) is 1.64. The summed E-state index contributed by atoms with van der Waals surface area (Å²) in [5, 5.41) is 3.31. The van der Waals surface area contributed by atoms with Crippen molar-refractivity contribution < 1.29 is 9.13 Å². The van der Waals surface area contributed by atoms with Gasteiger partial charge in [0, 0.05) is 17.8 Å². The summed E-state index contributed by atoms with van der Waals surface area (Å²) in [4.78, 5) is 0. The van der Waals surface area contributed by atoms with Crippen LogP contribution in [0.25, 0.3) is 0 Å². The molecule has 100 valence electrons. The van der Waals surface area contributed by atoms with Crippen molar-refractivity contribution in [1.29, 1.82) is 0 Å². The Balaban J connectivity index is 2.10. The molecule has 0 heterocycles. The van der Waals surface area contributed by atoms with Crippen LogP contribution in [0.5, 0.6) is 5.75 Å². The van der Waals surface area contributed by atoms with Gasteiger partial charge in [0.05, 0.1) is 12.1 Å². The van der Waals surface area contributed by atoms with Crippen LogP contribution in [-0.2, 0) is 6.54 Å². The zero-order valence-corrected chi connectivity index (χ0v) is 11.6. The van der Waals surface area contributed by atoms with Crippen molar-refractivity contribution in [2.24, 2.45) is 0 Å². The predicted molar refractivity (Wildman–Crippen MR) is 76.5 cm³/mol. The average molecular weight is 280 g/mol. The lowest BCUT2D eigenvalue weighted by atomic mass is 10.1. The Morgan fingerprint density at radius 3 is 2.74 bits per heavy atom. The minimum atomic E-state index is -0.373. The van der Waals surface area contributed by atoms with Gasteiger partial charge >= 0.3 is 0 Å². The predicted octanol–water partition coefficient (Wildman–Crippen LogP) is 4.41. The Morgan fingerprint density at radius 2 is 2.05 bits per heavy atom. The minimum Gasteiger partial charge on any atom is -0.496 e. The van der Waals surface area contributed by atoms with Gasteiger partial charge in [-0.15, -0.1) is 0 Å². The quantitative estimate of drug-likeness (QED) is 0.895. The first kappa shape index (κ1) is 13.7. The van der Waals surface area contributed by atoms with Crippen molar-refractivity contribution in [1.82, 2.24) is 0 Å². The molecule has 0 amide bonds. The molecule has 0 spiro atoms. The number of methoxy groups -OCH3 is 1. The molecule has 0 fully saturated rings. The summed E-state index contributed by atoms with van der Waals surface area (Å²) < 4.78 is 18.9. The van der Waals surface area contributed by atoms with Crippen LogP contribution in [-0.4, -0.2) is 7.11 Å². The van der Waals surface area contributed by atoms with Crippen molar-refractivity contribution in [3.8, 4) is 5.75 Å². The summed E-state index contributed by atoms with van der Waals surface area (Å²) in [5.74, 6) is 0.460. The van der Waals surface area contributed by atoms with Crippen LogP contribution in [0.4, 0.5) is 10.1 Å². The second-order valence-corrected chi connectivity index (χ2v) is 4.66. The smallest absolute Gasteiger partial charge is 0.146 e. The number of hydrogen-bond acceptors (Lipinski definition) is 2. The summed E-state index contributed by atoms with van der Waals surface area (Å²) in [5.41, 5.74) is 2.48. The highest BCUT2D eigenvalue weighted by Gasteiger charge is 2.06. The van der Waals surface area contributed by atoms with Gasteiger partial charge in [-0.05, 0) is 36.8 Å². The van der Waals surface area contributed by atoms with E-state index >= 15 is 0 Å². The van der Waals surface area contributed by atoms with E-state index in [1.54, 1.807) is 19.2 Å². The number of rotatable bonds is 4. The third-order valence-electron chi connectivity index (χ3n) is 2.91. The van der Waals surface area contributed by atoms with E-state index in [4.69, 9.17) is 16.3 Å². The Labute approximate surface area is 117 Å². The van der Waals surface area contributed by atoms with Gasteiger partial charge in [-0.25, -0.2) is 4.39 Å². The standard InChI is InChI=1S/C15H15ClFNO/c1-10-8-12(6-7-14(10)19-2)18-9-11-4-3-5-13(16)15(11)17/h3-8,18H,9H2,1-2H3. The Hall–Kier alpha value is -1.74. The molecule has 0 aliphatic carbocycles. The van der Waals surface area contributed by atoms with Crippen LogP contribution >= 0.6 is 11.6 Å². The topological polar surface area (TPSA) is 21.3 Å². The first-order valence-corrected chi connectivity index (χ1v) is 6.31. The summed E-state index contributed by atoms with van der Waals surface area (Å²) in [6, 6.07) is 10.7. The SMILES string of the molecule is COc1ccc(NCc2cccc(Cl)c2F)cc1C. The van der Waals surface area contributed by atoms with Crippen molar-refractivity contribution in [2.45, 2.75) is 13.5 Å². The number of benzene rings is 2. The molecule has 2 aromatic carbocycles. The largest absolute Gasteiger partial charge is 0.496 e. The fraction of sp³-hybridized carbons (Fsp3) is 0.200. The highest BCUT2D eigenvalue weighted by Crippen LogP contribution is 2.23. The summed E-state index contributed by atoms with van der Waals surface area (Å²) >= 11 is 5.74. The van der Waals surface area contributed by atoms with Gasteiger partial charge in [0.1, 0.15) is 11.6 Å². The molecule has 0 radical (unpaired) electrons. The van der Waals surface area contributed by atoms with Gasteiger partial charge in [-0.1, -0.05) is 23.7 Å². The number of anilines is 1. The first-order valence-electron chi connectivity index (χ1n) is 5.93. The molecule has 0 saturated heterocycles. The van der Waals surface area contributed by atoms with Crippen molar-refractivity contribution in [2.75, 3.05) is 12.4 Å². The molecule has 1 N–H and O–H groups in total. The molecule has 19 heavy (non-hydrogen) atoms. The van der Waals surface area contributed by atoms with Gasteiger partial charge in [0.2, 0.25) is 0 Å². The number of aryl methyl sites for hydroxylation is 1. The molecule has 0 aliphatic heterocycles. The fourth-order valence-corrected chi connectivity index (χ4v) is 2.06. The molecular weight excluding hydrogens is 265 g/mol. The molecule has 0 unspecified atom stereocenters. The number of nitrogens with one attached hydrogen (secondary N) is 1. The molecule has 0 bridgehead atoms. The van der Waals surface area contributed by atoms with E-state index in [2.05, 4.69) is 5.32 Å². The highest BCUT2D eigenvalue weighted by molar-refractivity contribution is 6.30. The van der Waals surface area contributed by atoms with Crippen molar-refractivity contribution in [3.05, 3.63) is 58.4 Å². The maximum absolute atomic E-state index is 13.7. The lowest BCUT2D eigenvalue weighted by Crippen LogP contribution is -2.02. The van der Waals surface area contributed by atoms with Crippen LogP contribution in [0.15, 0.2) is 36.4 Å². The average Bonchev–Trinajstić information content (AvgIpc) is 2.40. The molecule has 2 aromatic rings. The summed E-state index contributed by atoms with van der Waals surface area (Å²) in [6.45, 7) is 2.35. The van der Waals surface area contributed by atoms with Gasteiger partial charge in [-0.2, -0.15) is 0 Å². The van der Waals surface area contributed by atoms with E-state index in [1.807, 2.05) is 25.1 Å². The van der Waals surface area contributed by atoms with Crippen molar-refractivity contribution >= 4 is 17.3 Å². The van der Waals surface area contributed by atoms with E-state index in [-0.39, 0.29) is 10.8 Å². The van der Waals surface area contributed by atoms with Gasteiger partial charge in [0.25, 0.3) is 0 Å². The molecule has 0 aliphatic rings. The van der Waals surface area contributed by atoms with E-state index < -0.39 is 0 Å². The van der Waals surface area contributed by atoms with Crippen LogP contribution in [0.1, 0.15) is 11.1 Å². The molecule has 4 heteroatoms. The fourth-order valence-electron chi connectivity index (χ4n) is 1.87. The van der Waals surface area contributed by atoms with Gasteiger partial charge < -0.3 is 10.1 Å². The van der Waals surface area contributed by atoms with E-state index in [0.717, 1.165) is 17.0 Å². The maximum Gasteiger partial charge on any atom is 0.146 e. The lowest BCUT2D eigenvalue weighted by Gasteiger charge is -2.10. The molecular formula is C15H15ClFNO. The van der Waals surface area contributed by atoms with Gasteiger partial charge in [-0.3, -0.25) is 0 Å². The van der Waals surface area contributed by atoms with Crippen LogP contribution < -0.4 is 10.1 Å². The number of halogens is 2. The minimum absolute atomic E-state index is 0.144. The van der Waals surface area contributed by atoms with E-state index in [1.165, 1.54) is 6.07 Å². The Morgan fingerprint density at radius 1 is 1.26 bits per heavy atom.